The van der Waals surface area contributed by atoms with Crippen LogP contribution >= 0.6 is 0 Å². The Hall–Kier alpha value is 0. The van der Waals surface area contributed by atoms with E-state index >= 15 is 0 Å². The smallest absolute Gasteiger partial charge is 0.0354 e. The summed E-state index contributed by atoms with van der Waals surface area (Å²) in [6, 6.07) is 0. The summed E-state index contributed by atoms with van der Waals surface area (Å²) < 4.78 is 0. The van der Waals surface area contributed by atoms with Gasteiger partial charge in [0.05, 0.1) is 0 Å². The van der Waals surface area contributed by atoms with Crippen LogP contribution in [-0.2, 0) is 0 Å². The first-order chi connectivity index (χ1) is 5.46. The summed E-state index contributed by atoms with van der Waals surface area (Å²) in [4.78, 5) is 0. The van der Waals surface area contributed by atoms with E-state index in [2.05, 4.69) is 34.6 Å². The molecular formula is C12H24. The summed E-state index contributed by atoms with van der Waals surface area (Å²) >= 11 is 0. The van der Waals surface area contributed by atoms with E-state index in [4.69, 9.17) is 0 Å². The van der Waals surface area contributed by atoms with Crippen LogP contribution in [0.2, 0.25) is 0 Å². The molecule has 0 N–H and O–H groups in total. The first-order valence-corrected chi connectivity index (χ1v) is 5.46. The van der Waals surface area contributed by atoms with Crippen molar-refractivity contribution in [3.63, 3.8) is 0 Å². The van der Waals surface area contributed by atoms with Gasteiger partial charge >= 0.3 is 0 Å². The van der Waals surface area contributed by atoms with E-state index in [0.29, 0.717) is 5.41 Å². The molecule has 1 aliphatic carbocycles. The fourth-order valence-electron chi connectivity index (χ4n) is 2.31. The first kappa shape index (κ1) is 10.1. The van der Waals surface area contributed by atoms with Crippen LogP contribution in [0.15, 0.2) is 0 Å². The van der Waals surface area contributed by atoms with Gasteiger partial charge in [-0.1, -0.05) is 41.0 Å². The average molecular weight is 168 g/mol. The Morgan fingerprint density at radius 3 is 2.25 bits per heavy atom. The minimum absolute atomic E-state index is 0.571. The van der Waals surface area contributed by atoms with Gasteiger partial charge in [0.2, 0.25) is 0 Å². The van der Waals surface area contributed by atoms with E-state index < -0.39 is 0 Å². The zero-order chi connectivity index (χ0) is 9.35. The van der Waals surface area contributed by atoms with Crippen molar-refractivity contribution in [2.24, 2.45) is 23.2 Å². The molecule has 0 heterocycles. The van der Waals surface area contributed by atoms with Crippen LogP contribution in [0.5, 0.6) is 0 Å². The lowest BCUT2D eigenvalue weighted by Crippen LogP contribution is -2.15. The van der Waals surface area contributed by atoms with E-state index in [-0.39, 0.29) is 0 Å². The molecule has 1 fully saturated rings. The zero-order valence-corrected chi connectivity index (χ0v) is 9.35. The van der Waals surface area contributed by atoms with E-state index in [1.54, 1.807) is 0 Å². The predicted octanol–water partition coefficient (Wildman–Crippen LogP) is 4.10. The van der Waals surface area contributed by atoms with Crippen molar-refractivity contribution < 1.29 is 0 Å². The van der Waals surface area contributed by atoms with Gasteiger partial charge in [-0.3, -0.25) is 0 Å². The van der Waals surface area contributed by atoms with Crippen molar-refractivity contribution in [2.75, 3.05) is 0 Å². The average Bonchev–Trinajstić information content (AvgIpc) is 2.66. The molecule has 0 aliphatic heterocycles. The largest absolute Gasteiger partial charge is 0.0649 e. The Kier molecular flexibility index (Phi) is 2.85. The molecule has 72 valence electrons. The summed E-state index contributed by atoms with van der Waals surface area (Å²) in [5.74, 6) is 3.03. The van der Waals surface area contributed by atoms with Gasteiger partial charge in [0.25, 0.3) is 0 Å². The van der Waals surface area contributed by atoms with E-state index in [0.717, 1.165) is 17.8 Å². The van der Waals surface area contributed by atoms with Gasteiger partial charge in [0, 0.05) is 0 Å². The third-order valence-corrected chi connectivity index (χ3v) is 3.73. The Balaban J connectivity index is 2.30. The molecule has 0 aromatic heterocycles. The van der Waals surface area contributed by atoms with Crippen LogP contribution in [0.3, 0.4) is 0 Å². The summed E-state index contributed by atoms with van der Waals surface area (Å²) in [5, 5.41) is 0. The fourth-order valence-corrected chi connectivity index (χ4v) is 2.31. The van der Waals surface area contributed by atoms with E-state index in [1.165, 1.54) is 19.3 Å². The molecule has 0 aromatic carbocycles. The lowest BCUT2D eigenvalue weighted by molar-refractivity contribution is 0.247. The maximum absolute atomic E-state index is 2.44. The Morgan fingerprint density at radius 2 is 1.92 bits per heavy atom. The van der Waals surface area contributed by atoms with E-state index in [9.17, 15) is 0 Å². The summed E-state index contributed by atoms with van der Waals surface area (Å²) in [5.41, 5.74) is 0.571. The highest BCUT2D eigenvalue weighted by atomic mass is 14.4. The molecule has 0 heteroatoms. The highest BCUT2D eigenvalue weighted by Gasteiger charge is 2.38. The Labute approximate surface area is 77.7 Å². The summed E-state index contributed by atoms with van der Waals surface area (Å²) in [6.07, 6.45) is 4.22. The SMILES string of the molecule is CCC(C)(C)CC(C)C1CC1C. The van der Waals surface area contributed by atoms with Crippen molar-refractivity contribution in [3.8, 4) is 0 Å². The van der Waals surface area contributed by atoms with Crippen LogP contribution in [0, 0.1) is 23.2 Å². The Morgan fingerprint density at radius 1 is 1.42 bits per heavy atom. The third-order valence-electron chi connectivity index (χ3n) is 3.73. The summed E-state index contributed by atoms with van der Waals surface area (Å²) in [6.45, 7) is 11.9. The molecule has 0 radical (unpaired) electrons. The quantitative estimate of drug-likeness (QED) is 0.592. The van der Waals surface area contributed by atoms with Crippen molar-refractivity contribution in [1.82, 2.24) is 0 Å². The van der Waals surface area contributed by atoms with Crippen LogP contribution < -0.4 is 0 Å². The molecule has 1 saturated carbocycles. The Bertz CT molecular complexity index is 146. The van der Waals surface area contributed by atoms with Gasteiger partial charge in [-0.2, -0.15) is 0 Å². The van der Waals surface area contributed by atoms with Crippen molar-refractivity contribution in [2.45, 2.75) is 53.9 Å². The van der Waals surface area contributed by atoms with Crippen molar-refractivity contribution >= 4 is 0 Å². The second-order valence-corrected chi connectivity index (χ2v) is 5.58. The highest BCUT2D eigenvalue weighted by molar-refractivity contribution is 4.88. The maximum atomic E-state index is 2.44. The molecule has 0 nitrogen and oxygen atoms in total. The third kappa shape index (κ3) is 2.50. The molecule has 12 heavy (non-hydrogen) atoms. The number of hydrogen-bond acceptors (Lipinski definition) is 0. The number of hydrogen-bond donors (Lipinski definition) is 0. The minimum atomic E-state index is 0.571. The van der Waals surface area contributed by atoms with Crippen molar-refractivity contribution in [3.05, 3.63) is 0 Å². The fraction of sp³-hybridized carbons (Fsp3) is 1.00. The monoisotopic (exact) mass is 168 g/mol. The van der Waals surface area contributed by atoms with E-state index in [1.807, 2.05) is 0 Å². The normalized spacial score (nSPS) is 31.8. The molecule has 0 amide bonds. The topological polar surface area (TPSA) is 0 Å². The summed E-state index contributed by atoms with van der Waals surface area (Å²) in [7, 11) is 0. The predicted molar refractivity (Wildman–Crippen MR) is 55.1 cm³/mol. The molecule has 0 spiro atoms. The van der Waals surface area contributed by atoms with Gasteiger partial charge in [-0.25, -0.2) is 0 Å². The van der Waals surface area contributed by atoms with Gasteiger partial charge in [-0.15, -0.1) is 0 Å². The van der Waals surface area contributed by atoms with Gasteiger partial charge < -0.3 is 0 Å². The lowest BCUT2D eigenvalue weighted by atomic mass is 9.79. The van der Waals surface area contributed by atoms with Crippen LogP contribution in [-0.4, -0.2) is 0 Å². The maximum Gasteiger partial charge on any atom is -0.0354 e. The number of rotatable bonds is 4. The van der Waals surface area contributed by atoms with Gasteiger partial charge in [0.1, 0.15) is 0 Å². The molecule has 0 bridgehead atoms. The molecule has 3 atom stereocenters. The molecule has 1 rings (SSSR count). The van der Waals surface area contributed by atoms with Crippen molar-refractivity contribution in [1.29, 1.82) is 0 Å². The standard InChI is InChI=1S/C12H24/c1-6-12(4,5)8-10(3)11-7-9(11)2/h9-11H,6-8H2,1-5H3. The van der Waals surface area contributed by atoms with Crippen LogP contribution in [0.25, 0.3) is 0 Å². The minimum Gasteiger partial charge on any atom is -0.0649 e. The molecular weight excluding hydrogens is 144 g/mol. The lowest BCUT2D eigenvalue weighted by Gasteiger charge is -2.26. The van der Waals surface area contributed by atoms with Crippen LogP contribution in [0.1, 0.15) is 53.9 Å². The second kappa shape index (κ2) is 3.40. The van der Waals surface area contributed by atoms with Gasteiger partial charge in [0.15, 0.2) is 0 Å². The first-order valence-electron chi connectivity index (χ1n) is 5.46. The molecule has 0 saturated heterocycles. The zero-order valence-electron chi connectivity index (χ0n) is 9.35. The second-order valence-electron chi connectivity index (χ2n) is 5.58. The molecule has 0 aromatic rings. The van der Waals surface area contributed by atoms with Gasteiger partial charge in [-0.05, 0) is 36.0 Å². The van der Waals surface area contributed by atoms with Crippen LogP contribution in [0.4, 0.5) is 0 Å². The highest BCUT2D eigenvalue weighted by Crippen LogP contribution is 2.47. The molecule has 3 unspecified atom stereocenters. The molecule has 1 aliphatic rings.